The van der Waals surface area contributed by atoms with Crippen LogP contribution in [0.4, 0.5) is 11.4 Å². The number of benzene rings is 3. The maximum absolute atomic E-state index is 6.80. The SMILES string of the molecule is CC12C=CC=CC1c1ccccc1N1c3ccccc3-c3ccccc3P12=S. The van der Waals surface area contributed by atoms with Crippen molar-refractivity contribution in [2.45, 2.75) is 18.0 Å². The molecule has 28 heavy (non-hydrogen) atoms. The molecule has 1 nitrogen and oxygen atoms in total. The van der Waals surface area contributed by atoms with Gasteiger partial charge in [0.25, 0.3) is 0 Å². The number of allylic oxidation sites excluding steroid dienone is 4. The minimum absolute atomic E-state index is 0.130. The van der Waals surface area contributed by atoms with Crippen LogP contribution in [0.25, 0.3) is 11.1 Å². The predicted octanol–water partition coefficient (Wildman–Crippen LogP) is 6.51. The summed E-state index contributed by atoms with van der Waals surface area (Å²) in [5.41, 5.74) is 6.49. The van der Waals surface area contributed by atoms with Gasteiger partial charge < -0.3 is 4.67 Å². The van der Waals surface area contributed by atoms with Gasteiger partial charge in [0.05, 0.1) is 11.9 Å². The molecule has 0 amide bonds. The lowest BCUT2D eigenvalue weighted by Gasteiger charge is -2.57. The second-order valence-corrected chi connectivity index (χ2v) is 12.5. The molecule has 0 radical (unpaired) electrons. The number of para-hydroxylation sites is 2. The van der Waals surface area contributed by atoms with Gasteiger partial charge in [-0.15, -0.1) is 0 Å². The molecule has 3 aromatic rings. The Bertz CT molecular complexity index is 1240. The highest BCUT2D eigenvalue weighted by atomic mass is 32.4. The first-order valence-corrected chi connectivity index (χ1v) is 12.5. The average Bonchev–Trinajstić information content (AvgIpc) is 2.74. The monoisotopic (exact) mass is 397 g/mol. The minimum Gasteiger partial charge on any atom is -0.307 e. The van der Waals surface area contributed by atoms with Crippen molar-refractivity contribution in [2.75, 3.05) is 4.67 Å². The van der Waals surface area contributed by atoms with Crippen LogP contribution in [0.15, 0.2) is 97.1 Å². The Labute approximate surface area is 171 Å². The van der Waals surface area contributed by atoms with Crippen LogP contribution in [0.3, 0.4) is 0 Å². The Morgan fingerprint density at radius 3 is 2.36 bits per heavy atom. The van der Waals surface area contributed by atoms with E-state index >= 15 is 0 Å². The van der Waals surface area contributed by atoms with Crippen LogP contribution in [0.5, 0.6) is 0 Å². The van der Waals surface area contributed by atoms with Crippen molar-refractivity contribution in [3.05, 3.63) is 103 Å². The highest BCUT2D eigenvalue weighted by Gasteiger charge is 2.56. The predicted molar refractivity (Wildman–Crippen MR) is 124 cm³/mol. The molecule has 3 heteroatoms. The van der Waals surface area contributed by atoms with Crippen LogP contribution in [0.2, 0.25) is 0 Å². The van der Waals surface area contributed by atoms with Crippen molar-refractivity contribution in [1.82, 2.24) is 0 Å². The van der Waals surface area contributed by atoms with Crippen molar-refractivity contribution in [3.8, 4) is 11.1 Å². The third kappa shape index (κ3) is 1.81. The number of rotatable bonds is 0. The molecule has 3 aliphatic rings. The van der Waals surface area contributed by atoms with E-state index in [0.717, 1.165) is 0 Å². The smallest absolute Gasteiger partial charge is 0.0799 e. The molecule has 3 atom stereocenters. The van der Waals surface area contributed by atoms with E-state index in [1.165, 1.54) is 33.4 Å². The van der Waals surface area contributed by atoms with Gasteiger partial charge in [-0.25, -0.2) is 0 Å². The number of nitrogens with zero attached hydrogens (tertiary/aromatic N) is 1. The molecule has 0 saturated carbocycles. The molecule has 1 aliphatic carbocycles. The van der Waals surface area contributed by atoms with Crippen molar-refractivity contribution in [2.24, 2.45) is 0 Å². The van der Waals surface area contributed by atoms with Gasteiger partial charge in [-0.3, -0.25) is 0 Å². The lowest BCUT2D eigenvalue weighted by atomic mass is 9.82. The van der Waals surface area contributed by atoms with Crippen LogP contribution in [-0.2, 0) is 11.8 Å². The molecule has 0 N–H and O–H groups in total. The van der Waals surface area contributed by atoms with Gasteiger partial charge in [0.1, 0.15) is 0 Å². The summed E-state index contributed by atoms with van der Waals surface area (Å²) in [6, 6.07) is 26.4. The first kappa shape index (κ1) is 16.5. The topological polar surface area (TPSA) is 3.24 Å². The van der Waals surface area contributed by atoms with E-state index in [4.69, 9.17) is 11.8 Å². The molecule has 6 rings (SSSR count). The molecule has 2 aliphatic heterocycles. The number of hydrogen-bond acceptors (Lipinski definition) is 1. The normalized spacial score (nSPS) is 28.6. The van der Waals surface area contributed by atoms with Gasteiger partial charge in [0.15, 0.2) is 0 Å². The summed E-state index contributed by atoms with van der Waals surface area (Å²) in [5.74, 6) is 0.300. The van der Waals surface area contributed by atoms with E-state index in [2.05, 4.69) is 109 Å². The summed E-state index contributed by atoms with van der Waals surface area (Å²) in [6.45, 7) is 2.38. The van der Waals surface area contributed by atoms with Gasteiger partial charge in [-0.1, -0.05) is 96.8 Å². The molecule has 3 unspecified atom stereocenters. The first-order chi connectivity index (χ1) is 13.7. The molecule has 2 heterocycles. The van der Waals surface area contributed by atoms with Crippen LogP contribution in [0.1, 0.15) is 18.4 Å². The van der Waals surface area contributed by atoms with E-state index in [9.17, 15) is 0 Å². The van der Waals surface area contributed by atoms with Crippen molar-refractivity contribution >= 4 is 34.7 Å². The van der Waals surface area contributed by atoms with E-state index < -0.39 is 6.19 Å². The van der Waals surface area contributed by atoms with Crippen LogP contribution in [-0.4, -0.2) is 5.16 Å². The lowest BCUT2D eigenvalue weighted by Crippen LogP contribution is -2.46. The molecule has 0 aromatic heterocycles. The van der Waals surface area contributed by atoms with Crippen molar-refractivity contribution in [3.63, 3.8) is 0 Å². The number of fused-ring (bicyclic) bond motifs is 11. The summed E-state index contributed by atoms with van der Waals surface area (Å²) in [7, 11) is 0. The van der Waals surface area contributed by atoms with Gasteiger partial charge in [-0.05, 0) is 30.2 Å². The Kier molecular flexibility index (Phi) is 3.29. The highest BCUT2D eigenvalue weighted by molar-refractivity contribution is 8.20. The Morgan fingerprint density at radius 1 is 0.821 bits per heavy atom. The fourth-order valence-corrected chi connectivity index (χ4v) is 10.6. The van der Waals surface area contributed by atoms with Gasteiger partial charge in [-0.2, -0.15) is 0 Å². The first-order valence-electron chi connectivity index (χ1n) is 9.71. The van der Waals surface area contributed by atoms with Gasteiger partial charge in [0, 0.05) is 27.6 Å². The maximum atomic E-state index is 6.80. The largest absolute Gasteiger partial charge is 0.307 e. The van der Waals surface area contributed by atoms with Crippen LogP contribution in [0, 0.1) is 0 Å². The number of anilines is 2. The zero-order chi connectivity index (χ0) is 18.9. The molecule has 3 aromatic carbocycles. The molecular weight excluding hydrogens is 377 g/mol. The maximum Gasteiger partial charge on any atom is 0.0799 e. The van der Waals surface area contributed by atoms with Crippen LogP contribution >= 0.6 is 6.19 Å². The van der Waals surface area contributed by atoms with Crippen LogP contribution < -0.4 is 9.97 Å². The Balaban J connectivity index is 1.82. The molecule has 136 valence electrons. The molecule has 0 bridgehead atoms. The second-order valence-electron chi connectivity index (χ2n) is 7.93. The zero-order valence-electron chi connectivity index (χ0n) is 15.6. The lowest BCUT2D eigenvalue weighted by molar-refractivity contribution is 0.665. The fourth-order valence-electron chi connectivity index (χ4n) is 5.24. The third-order valence-electron chi connectivity index (χ3n) is 6.57. The quantitative estimate of drug-likeness (QED) is 0.398. The Morgan fingerprint density at radius 2 is 1.50 bits per heavy atom. The van der Waals surface area contributed by atoms with Gasteiger partial charge >= 0.3 is 0 Å². The summed E-state index contributed by atoms with van der Waals surface area (Å²) >= 11 is 6.80. The van der Waals surface area contributed by atoms with E-state index in [-0.39, 0.29) is 5.16 Å². The summed E-state index contributed by atoms with van der Waals surface area (Å²) in [5, 5.41) is 1.21. The van der Waals surface area contributed by atoms with Crippen molar-refractivity contribution in [1.29, 1.82) is 0 Å². The minimum atomic E-state index is -2.19. The standard InChI is InChI=1S/C25H20NPS/c1-25-17-9-8-13-21(25)20-12-3-6-15-23(20)26-22-14-5-2-10-18(22)19-11-4-7-16-24(19)27(25,26)28/h2-17,21H,1H3. The van der Waals surface area contributed by atoms with Crippen molar-refractivity contribution < 1.29 is 0 Å². The summed E-state index contributed by atoms with van der Waals surface area (Å²) in [4.78, 5) is 0. The highest BCUT2D eigenvalue weighted by Crippen LogP contribution is 2.76. The third-order valence-corrected chi connectivity index (χ3v) is 12.6. The summed E-state index contributed by atoms with van der Waals surface area (Å²) < 4.78 is 2.54. The number of hydrogen-bond donors (Lipinski definition) is 0. The average molecular weight is 397 g/mol. The molecular formula is C25H20NPS. The van der Waals surface area contributed by atoms with E-state index in [1.54, 1.807) is 0 Å². The summed E-state index contributed by atoms with van der Waals surface area (Å²) in [6.07, 6.45) is 6.93. The second kappa shape index (κ2) is 5.56. The van der Waals surface area contributed by atoms with E-state index in [1.807, 2.05) is 0 Å². The molecule has 0 saturated heterocycles. The van der Waals surface area contributed by atoms with E-state index in [0.29, 0.717) is 5.92 Å². The zero-order valence-corrected chi connectivity index (χ0v) is 17.3. The van der Waals surface area contributed by atoms with Gasteiger partial charge in [0.2, 0.25) is 0 Å². The Hall–Kier alpha value is -2.41. The molecule has 0 fully saturated rings. The fraction of sp³-hybridized carbons (Fsp3) is 0.120. The molecule has 0 spiro atoms.